The predicted octanol–water partition coefficient (Wildman–Crippen LogP) is 1.94. The van der Waals surface area contributed by atoms with E-state index in [9.17, 15) is 9.59 Å². The molecule has 2 heterocycles. The van der Waals surface area contributed by atoms with Crippen molar-refractivity contribution in [2.24, 2.45) is 5.92 Å². The molecule has 5 heteroatoms. The maximum atomic E-state index is 12.4. The van der Waals surface area contributed by atoms with Crippen molar-refractivity contribution in [2.75, 3.05) is 0 Å². The highest BCUT2D eigenvalue weighted by Gasteiger charge is 2.46. The lowest BCUT2D eigenvalue weighted by Gasteiger charge is -2.38. The number of hydrogen-bond acceptors (Lipinski definition) is 3. The summed E-state index contributed by atoms with van der Waals surface area (Å²) in [7, 11) is 0. The van der Waals surface area contributed by atoms with Gasteiger partial charge in [-0.2, -0.15) is 0 Å². The molecule has 3 rings (SSSR count). The topological polar surface area (TPSA) is 49.4 Å². The van der Waals surface area contributed by atoms with Crippen molar-refractivity contribution in [2.45, 2.75) is 51.7 Å². The Morgan fingerprint density at radius 3 is 2.60 bits per heavy atom. The van der Waals surface area contributed by atoms with Gasteiger partial charge in [-0.25, -0.2) is 0 Å². The van der Waals surface area contributed by atoms with Crippen LogP contribution < -0.4 is 5.32 Å². The number of nitrogens with zero attached hydrogens (tertiary/aromatic N) is 1. The van der Waals surface area contributed by atoms with Crippen LogP contribution in [-0.4, -0.2) is 28.8 Å². The third-order valence-corrected chi connectivity index (χ3v) is 5.29. The molecule has 2 amide bonds. The van der Waals surface area contributed by atoms with Crippen molar-refractivity contribution in [3.63, 3.8) is 0 Å². The maximum Gasteiger partial charge on any atom is 0.245 e. The van der Waals surface area contributed by atoms with Crippen LogP contribution in [0.4, 0.5) is 0 Å². The summed E-state index contributed by atoms with van der Waals surface area (Å²) >= 11 is 1.74. The van der Waals surface area contributed by atoms with E-state index in [0.717, 1.165) is 19.3 Å². The van der Waals surface area contributed by atoms with Crippen LogP contribution in [0.25, 0.3) is 0 Å². The molecule has 20 heavy (non-hydrogen) atoms. The van der Waals surface area contributed by atoms with Crippen LogP contribution >= 0.6 is 11.3 Å². The monoisotopic (exact) mass is 292 g/mol. The molecular formula is C15H20N2O2S. The zero-order chi connectivity index (χ0) is 14.3. The number of rotatable bonds is 4. The number of piperazine rings is 1. The van der Waals surface area contributed by atoms with Crippen LogP contribution in [0.5, 0.6) is 0 Å². The normalized spacial score (nSPS) is 26.8. The summed E-state index contributed by atoms with van der Waals surface area (Å²) in [6.45, 7) is 4.47. The number of thiophene rings is 1. The standard InChI is InChI=1S/C15H20N2O2S/c1-3-11-6-7-12(20-11)8-17-13(10-4-5-10)14(18)16-9(2)15(17)19/h6-7,9-10,13H,3-5,8H2,1-2H3,(H,16,18). The Labute approximate surface area is 123 Å². The summed E-state index contributed by atoms with van der Waals surface area (Å²) in [4.78, 5) is 28.9. The molecule has 0 radical (unpaired) electrons. The van der Waals surface area contributed by atoms with Gasteiger partial charge in [-0.15, -0.1) is 11.3 Å². The number of hydrogen-bond donors (Lipinski definition) is 1. The molecule has 2 aliphatic rings. The smallest absolute Gasteiger partial charge is 0.245 e. The number of amides is 2. The van der Waals surface area contributed by atoms with Crippen molar-refractivity contribution >= 4 is 23.2 Å². The third-order valence-electron chi connectivity index (χ3n) is 4.08. The Hall–Kier alpha value is -1.36. The first-order chi connectivity index (χ1) is 9.60. The average Bonchev–Trinajstić information content (AvgIpc) is 3.14. The van der Waals surface area contributed by atoms with Gasteiger partial charge in [0.25, 0.3) is 0 Å². The highest BCUT2D eigenvalue weighted by atomic mass is 32.1. The first-order valence-corrected chi connectivity index (χ1v) is 8.10. The number of carbonyl (C=O) groups is 2. The van der Waals surface area contributed by atoms with Crippen molar-refractivity contribution in [3.8, 4) is 0 Å². The lowest BCUT2D eigenvalue weighted by molar-refractivity contribution is -0.150. The summed E-state index contributed by atoms with van der Waals surface area (Å²) in [5.74, 6) is 0.428. The van der Waals surface area contributed by atoms with Crippen LogP contribution in [-0.2, 0) is 22.6 Å². The largest absolute Gasteiger partial charge is 0.343 e. The molecule has 0 bridgehead atoms. The molecule has 0 aromatic carbocycles. The first-order valence-electron chi connectivity index (χ1n) is 7.28. The van der Waals surface area contributed by atoms with E-state index < -0.39 is 6.04 Å². The number of carbonyl (C=O) groups excluding carboxylic acids is 2. The minimum absolute atomic E-state index is 0.0203. The van der Waals surface area contributed by atoms with Crippen molar-refractivity contribution in [3.05, 3.63) is 21.9 Å². The Balaban J connectivity index is 1.82. The second-order valence-corrected chi connectivity index (χ2v) is 6.95. The van der Waals surface area contributed by atoms with E-state index in [4.69, 9.17) is 0 Å². The molecule has 1 saturated heterocycles. The molecule has 1 saturated carbocycles. The lowest BCUT2D eigenvalue weighted by atomic mass is 10.0. The van der Waals surface area contributed by atoms with E-state index in [2.05, 4.69) is 24.4 Å². The van der Waals surface area contributed by atoms with Gasteiger partial charge in [-0.1, -0.05) is 6.92 Å². The third kappa shape index (κ3) is 2.46. The minimum atomic E-state index is -0.400. The molecule has 108 valence electrons. The van der Waals surface area contributed by atoms with E-state index in [1.165, 1.54) is 9.75 Å². The van der Waals surface area contributed by atoms with E-state index in [1.807, 2.05) is 0 Å². The molecule has 2 atom stereocenters. The van der Waals surface area contributed by atoms with Gasteiger partial charge in [0.05, 0.1) is 6.54 Å². The molecule has 2 unspecified atom stereocenters. The van der Waals surface area contributed by atoms with E-state index >= 15 is 0 Å². The Morgan fingerprint density at radius 2 is 2.00 bits per heavy atom. The van der Waals surface area contributed by atoms with E-state index in [0.29, 0.717) is 12.5 Å². The SMILES string of the molecule is CCc1ccc(CN2C(=O)C(C)NC(=O)C2C2CC2)s1. The van der Waals surface area contributed by atoms with Gasteiger partial charge in [0.1, 0.15) is 12.1 Å². The summed E-state index contributed by atoms with van der Waals surface area (Å²) < 4.78 is 0. The highest BCUT2D eigenvalue weighted by molar-refractivity contribution is 7.11. The minimum Gasteiger partial charge on any atom is -0.343 e. The quantitative estimate of drug-likeness (QED) is 0.922. The van der Waals surface area contributed by atoms with Gasteiger partial charge in [-0.05, 0) is 44.2 Å². The molecule has 1 aliphatic carbocycles. The molecule has 1 N–H and O–H groups in total. The molecule has 1 aromatic rings. The van der Waals surface area contributed by atoms with Gasteiger partial charge < -0.3 is 10.2 Å². The van der Waals surface area contributed by atoms with Gasteiger partial charge >= 0.3 is 0 Å². The van der Waals surface area contributed by atoms with Gasteiger partial charge in [0, 0.05) is 9.75 Å². The fourth-order valence-electron chi connectivity index (χ4n) is 2.81. The van der Waals surface area contributed by atoms with Crippen molar-refractivity contribution < 1.29 is 9.59 Å². The predicted molar refractivity (Wildman–Crippen MR) is 78.4 cm³/mol. The zero-order valence-corrected chi connectivity index (χ0v) is 12.7. The summed E-state index contributed by atoms with van der Waals surface area (Å²) in [5.41, 5.74) is 0. The second-order valence-electron chi connectivity index (χ2n) is 5.70. The first kappa shape index (κ1) is 13.6. The fraction of sp³-hybridized carbons (Fsp3) is 0.600. The van der Waals surface area contributed by atoms with E-state index in [-0.39, 0.29) is 17.9 Å². The lowest BCUT2D eigenvalue weighted by Crippen LogP contribution is -2.62. The molecule has 1 aromatic heterocycles. The van der Waals surface area contributed by atoms with Crippen molar-refractivity contribution in [1.29, 1.82) is 0 Å². The van der Waals surface area contributed by atoms with Crippen LogP contribution in [0.15, 0.2) is 12.1 Å². The molecule has 2 fully saturated rings. The fourth-order valence-corrected chi connectivity index (χ4v) is 3.77. The number of aryl methyl sites for hydroxylation is 1. The molecular weight excluding hydrogens is 272 g/mol. The molecule has 0 spiro atoms. The summed E-state index contributed by atoms with van der Waals surface area (Å²) in [6, 6.07) is 3.54. The van der Waals surface area contributed by atoms with Gasteiger partial charge in [0.15, 0.2) is 0 Å². The van der Waals surface area contributed by atoms with Gasteiger partial charge in [-0.3, -0.25) is 9.59 Å². The maximum absolute atomic E-state index is 12.4. The second kappa shape index (κ2) is 5.20. The molecule has 4 nitrogen and oxygen atoms in total. The highest BCUT2D eigenvalue weighted by Crippen LogP contribution is 2.38. The molecule has 1 aliphatic heterocycles. The van der Waals surface area contributed by atoms with Crippen LogP contribution in [0.1, 0.15) is 36.4 Å². The van der Waals surface area contributed by atoms with Crippen LogP contribution in [0.2, 0.25) is 0 Å². The average molecular weight is 292 g/mol. The number of nitrogens with one attached hydrogen (secondary N) is 1. The summed E-state index contributed by atoms with van der Waals surface area (Å²) in [6.07, 6.45) is 3.13. The van der Waals surface area contributed by atoms with Crippen molar-refractivity contribution in [1.82, 2.24) is 10.2 Å². The Kier molecular flexibility index (Phi) is 3.54. The van der Waals surface area contributed by atoms with Crippen LogP contribution in [0.3, 0.4) is 0 Å². The Morgan fingerprint density at radius 1 is 1.30 bits per heavy atom. The summed E-state index contributed by atoms with van der Waals surface area (Å²) in [5, 5.41) is 2.81. The Bertz CT molecular complexity index is 536. The zero-order valence-electron chi connectivity index (χ0n) is 11.9. The van der Waals surface area contributed by atoms with E-state index in [1.54, 1.807) is 23.2 Å². The van der Waals surface area contributed by atoms with Gasteiger partial charge in [0.2, 0.25) is 11.8 Å². The van der Waals surface area contributed by atoms with Crippen LogP contribution in [0, 0.1) is 5.92 Å².